The minimum atomic E-state index is -0.281. The van der Waals surface area contributed by atoms with Gasteiger partial charge >= 0.3 is 6.03 Å². The fraction of sp³-hybridized carbons (Fsp3) is 0.320. The Kier molecular flexibility index (Phi) is 7.04. The molecule has 1 N–H and O–H groups in total. The molecule has 2 amide bonds. The zero-order chi connectivity index (χ0) is 24.4. The number of aromatic nitrogens is 2. The first-order valence-corrected chi connectivity index (χ1v) is 12.2. The molecule has 2 aliphatic heterocycles. The van der Waals surface area contributed by atoms with Crippen LogP contribution in [-0.2, 0) is 24.1 Å². The lowest BCUT2D eigenvalue weighted by molar-refractivity contribution is 0.122. The van der Waals surface area contributed by atoms with Crippen molar-refractivity contribution < 1.29 is 13.9 Å². The molecule has 0 saturated carbocycles. The SMILES string of the molecule is O=C(Nc1ccc(Cl)cc1Cl)N1CCc2nc(Cc3cccc(F)c3)nc(N3CCOCC3)c2C1. The Balaban J connectivity index is 1.41. The lowest BCUT2D eigenvalue weighted by atomic mass is 10.0. The second-order valence-electron chi connectivity index (χ2n) is 8.52. The van der Waals surface area contributed by atoms with Crippen molar-refractivity contribution >= 4 is 40.7 Å². The number of benzene rings is 2. The first-order chi connectivity index (χ1) is 17.0. The van der Waals surface area contributed by atoms with Crippen molar-refractivity contribution in [1.82, 2.24) is 14.9 Å². The standard InChI is InChI=1S/C25H24Cl2FN5O2/c26-17-4-5-22(20(27)14-17)30-25(34)33-7-6-21-19(15-33)24(32-8-10-35-11-9-32)31-23(29-21)13-16-2-1-3-18(28)12-16/h1-5,12,14H,6-11,13,15H2,(H,30,34). The molecule has 0 aliphatic carbocycles. The number of nitrogens with zero attached hydrogens (tertiary/aromatic N) is 4. The normalized spacial score (nSPS) is 15.6. The zero-order valence-corrected chi connectivity index (χ0v) is 20.4. The van der Waals surface area contributed by atoms with E-state index in [-0.39, 0.29) is 11.8 Å². The van der Waals surface area contributed by atoms with E-state index < -0.39 is 0 Å². The third kappa shape index (κ3) is 5.50. The molecule has 0 unspecified atom stereocenters. The molecule has 0 radical (unpaired) electrons. The van der Waals surface area contributed by atoms with Gasteiger partial charge in [0.05, 0.1) is 36.2 Å². The van der Waals surface area contributed by atoms with Crippen LogP contribution in [0.3, 0.4) is 0 Å². The summed E-state index contributed by atoms with van der Waals surface area (Å²) in [6, 6.07) is 11.2. The van der Waals surface area contributed by atoms with Crippen molar-refractivity contribution in [3.05, 3.63) is 81.0 Å². The summed E-state index contributed by atoms with van der Waals surface area (Å²) in [7, 11) is 0. The van der Waals surface area contributed by atoms with Crippen LogP contribution in [0.1, 0.15) is 22.6 Å². The second-order valence-corrected chi connectivity index (χ2v) is 9.36. The van der Waals surface area contributed by atoms with Gasteiger partial charge in [-0.1, -0.05) is 35.3 Å². The van der Waals surface area contributed by atoms with Gasteiger partial charge in [-0.25, -0.2) is 19.2 Å². The highest BCUT2D eigenvalue weighted by Crippen LogP contribution is 2.30. The Morgan fingerprint density at radius 1 is 1.09 bits per heavy atom. The number of nitrogens with one attached hydrogen (secondary N) is 1. The first-order valence-electron chi connectivity index (χ1n) is 11.4. The topological polar surface area (TPSA) is 70.6 Å². The molecule has 7 nitrogen and oxygen atoms in total. The summed E-state index contributed by atoms with van der Waals surface area (Å²) in [5, 5.41) is 3.75. The molecule has 2 aromatic carbocycles. The number of carbonyl (C=O) groups excluding carboxylic acids is 1. The molecular weight excluding hydrogens is 492 g/mol. The smallest absolute Gasteiger partial charge is 0.322 e. The van der Waals surface area contributed by atoms with Crippen LogP contribution in [0.2, 0.25) is 10.0 Å². The van der Waals surface area contributed by atoms with Gasteiger partial charge in [-0.2, -0.15) is 0 Å². The lowest BCUT2D eigenvalue weighted by Crippen LogP contribution is -2.42. The summed E-state index contributed by atoms with van der Waals surface area (Å²) in [5.74, 6) is 1.17. The van der Waals surface area contributed by atoms with Crippen molar-refractivity contribution in [1.29, 1.82) is 0 Å². The van der Waals surface area contributed by atoms with E-state index in [4.69, 9.17) is 37.9 Å². The maximum atomic E-state index is 13.7. The van der Waals surface area contributed by atoms with Gasteiger partial charge in [-0.15, -0.1) is 0 Å². The van der Waals surface area contributed by atoms with Crippen LogP contribution in [0.4, 0.5) is 20.7 Å². The average Bonchev–Trinajstić information content (AvgIpc) is 2.85. The van der Waals surface area contributed by atoms with E-state index >= 15 is 0 Å². The predicted octanol–water partition coefficient (Wildman–Crippen LogP) is 4.94. The monoisotopic (exact) mass is 515 g/mol. The highest BCUT2D eigenvalue weighted by Gasteiger charge is 2.28. The van der Waals surface area contributed by atoms with Crippen LogP contribution in [0.15, 0.2) is 42.5 Å². The van der Waals surface area contributed by atoms with Gasteiger partial charge in [0.25, 0.3) is 0 Å². The number of fused-ring (bicyclic) bond motifs is 1. The maximum Gasteiger partial charge on any atom is 0.322 e. The van der Waals surface area contributed by atoms with Crippen molar-refractivity contribution in [3.63, 3.8) is 0 Å². The third-order valence-corrected chi connectivity index (χ3v) is 6.65. The van der Waals surface area contributed by atoms with E-state index in [2.05, 4.69) is 10.2 Å². The number of rotatable bonds is 4. The van der Waals surface area contributed by atoms with Crippen LogP contribution in [0.25, 0.3) is 0 Å². The molecule has 3 heterocycles. The molecule has 0 atom stereocenters. The van der Waals surface area contributed by atoms with Gasteiger partial charge in [-0.05, 0) is 35.9 Å². The molecule has 2 aliphatic rings. The lowest BCUT2D eigenvalue weighted by Gasteiger charge is -2.34. The van der Waals surface area contributed by atoms with Gasteiger partial charge < -0.3 is 19.9 Å². The molecule has 0 spiro atoms. The molecule has 182 valence electrons. The van der Waals surface area contributed by atoms with Crippen molar-refractivity contribution in [2.75, 3.05) is 43.1 Å². The van der Waals surface area contributed by atoms with E-state index in [1.54, 1.807) is 29.2 Å². The summed E-state index contributed by atoms with van der Waals surface area (Å²) in [6.07, 6.45) is 1.02. The summed E-state index contributed by atoms with van der Waals surface area (Å²) >= 11 is 12.2. The number of ether oxygens (including phenoxy) is 1. The summed E-state index contributed by atoms with van der Waals surface area (Å²) in [6.45, 7) is 3.50. The van der Waals surface area contributed by atoms with Gasteiger partial charge in [0, 0.05) is 43.1 Å². The number of morpholine rings is 1. The molecule has 0 bridgehead atoms. The van der Waals surface area contributed by atoms with Crippen LogP contribution in [-0.4, -0.2) is 53.7 Å². The Bertz CT molecular complexity index is 1250. The van der Waals surface area contributed by atoms with Crippen molar-refractivity contribution in [2.45, 2.75) is 19.4 Å². The maximum absolute atomic E-state index is 13.7. The number of urea groups is 1. The van der Waals surface area contributed by atoms with Gasteiger partial charge in [0.15, 0.2) is 0 Å². The summed E-state index contributed by atoms with van der Waals surface area (Å²) in [5.41, 5.74) is 3.16. The molecule has 5 rings (SSSR count). The zero-order valence-electron chi connectivity index (χ0n) is 18.9. The molecule has 1 saturated heterocycles. The Hall–Kier alpha value is -2.94. The number of amides is 2. The number of anilines is 2. The molecule has 1 aromatic heterocycles. The molecule has 10 heteroatoms. The minimum Gasteiger partial charge on any atom is -0.378 e. The van der Waals surface area contributed by atoms with Crippen molar-refractivity contribution in [2.24, 2.45) is 0 Å². The average molecular weight is 516 g/mol. The highest BCUT2D eigenvalue weighted by atomic mass is 35.5. The number of hydrogen-bond donors (Lipinski definition) is 1. The number of halogens is 3. The quantitative estimate of drug-likeness (QED) is 0.532. The molecular formula is C25H24Cl2FN5O2. The van der Waals surface area contributed by atoms with Gasteiger partial charge in [0.2, 0.25) is 0 Å². The van der Waals surface area contributed by atoms with Crippen LogP contribution >= 0.6 is 23.2 Å². The van der Waals surface area contributed by atoms with Gasteiger partial charge in [0.1, 0.15) is 17.5 Å². The van der Waals surface area contributed by atoms with Gasteiger partial charge in [-0.3, -0.25) is 0 Å². The van der Waals surface area contributed by atoms with E-state index in [0.717, 1.165) is 22.6 Å². The summed E-state index contributed by atoms with van der Waals surface area (Å²) in [4.78, 5) is 26.7. The van der Waals surface area contributed by atoms with E-state index in [0.29, 0.717) is 73.8 Å². The second kappa shape index (κ2) is 10.4. The fourth-order valence-corrected chi connectivity index (χ4v) is 4.81. The molecule has 1 fully saturated rings. The number of hydrogen-bond acceptors (Lipinski definition) is 5. The Morgan fingerprint density at radius 3 is 2.69 bits per heavy atom. The van der Waals surface area contributed by atoms with Crippen molar-refractivity contribution in [3.8, 4) is 0 Å². The van der Waals surface area contributed by atoms with E-state index in [1.807, 2.05) is 6.07 Å². The Morgan fingerprint density at radius 2 is 1.91 bits per heavy atom. The van der Waals surface area contributed by atoms with E-state index in [1.165, 1.54) is 12.1 Å². The highest BCUT2D eigenvalue weighted by molar-refractivity contribution is 6.36. The first kappa shape index (κ1) is 23.8. The molecule has 35 heavy (non-hydrogen) atoms. The minimum absolute atomic E-state index is 0.253. The predicted molar refractivity (Wildman–Crippen MR) is 134 cm³/mol. The van der Waals surface area contributed by atoms with Crippen LogP contribution in [0.5, 0.6) is 0 Å². The largest absolute Gasteiger partial charge is 0.378 e. The van der Waals surface area contributed by atoms with Crippen LogP contribution in [0, 0.1) is 5.82 Å². The fourth-order valence-electron chi connectivity index (χ4n) is 4.35. The summed E-state index contributed by atoms with van der Waals surface area (Å²) < 4.78 is 19.2. The van der Waals surface area contributed by atoms with E-state index in [9.17, 15) is 9.18 Å². The Labute approximate surface area is 212 Å². The molecule has 3 aromatic rings. The number of carbonyl (C=O) groups is 1. The third-order valence-electron chi connectivity index (χ3n) is 6.11. The van der Waals surface area contributed by atoms with Crippen LogP contribution < -0.4 is 10.2 Å².